The van der Waals surface area contributed by atoms with Gasteiger partial charge in [0, 0.05) is 0 Å². The normalized spacial score (nSPS) is 10.8. The number of hydrogen-bond donors (Lipinski definition) is 1. The Bertz CT molecular complexity index is 802. The lowest BCUT2D eigenvalue weighted by Crippen LogP contribution is -2.00. The fourth-order valence-electron chi connectivity index (χ4n) is 2.37. The van der Waals surface area contributed by atoms with Crippen molar-refractivity contribution in [3.05, 3.63) is 48.0 Å². The van der Waals surface area contributed by atoms with Gasteiger partial charge in [0.1, 0.15) is 28.4 Å². The lowest BCUT2D eigenvalue weighted by molar-refractivity contribution is -0.126. The quantitative estimate of drug-likeness (QED) is 0.385. The minimum absolute atomic E-state index is 0.146. The number of carbonyl (C=O) groups is 1. The maximum atomic E-state index is 10.1. The molecule has 1 N–H and O–H groups in total. The Morgan fingerprint density at radius 2 is 1.92 bits per heavy atom. The summed E-state index contributed by atoms with van der Waals surface area (Å²) in [5.74, 6) is 1.43. The number of aryl methyl sites for hydroxylation is 1. The number of aromatic hydroxyl groups is 1. The van der Waals surface area contributed by atoms with Crippen LogP contribution in [0, 0.1) is 0 Å². The van der Waals surface area contributed by atoms with Crippen LogP contribution in [0.1, 0.15) is 12.0 Å². The SMILES string of the molecule is O=COCSCCCc1ccc(O)c(-n2nc3ccccc3n2)c1. The minimum atomic E-state index is 0.146. The first-order chi connectivity index (χ1) is 11.8. The molecule has 0 spiro atoms. The number of nitrogens with zero attached hydrogens (tertiary/aromatic N) is 3. The molecule has 0 atom stereocenters. The van der Waals surface area contributed by atoms with Gasteiger partial charge < -0.3 is 9.84 Å². The maximum absolute atomic E-state index is 10.1. The van der Waals surface area contributed by atoms with Crippen LogP contribution < -0.4 is 0 Å². The van der Waals surface area contributed by atoms with Crippen molar-refractivity contribution in [1.82, 2.24) is 15.0 Å². The maximum Gasteiger partial charge on any atom is 0.293 e. The van der Waals surface area contributed by atoms with E-state index >= 15 is 0 Å². The molecule has 1 heterocycles. The molecule has 0 radical (unpaired) electrons. The summed E-state index contributed by atoms with van der Waals surface area (Å²) in [4.78, 5) is 11.5. The van der Waals surface area contributed by atoms with Gasteiger partial charge in [0.05, 0.1) is 0 Å². The Labute approximate surface area is 143 Å². The molecule has 0 saturated carbocycles. The summed E-state index contributed by atoms with van der Waals surface area (Å²) < 4.78 is 4.64. The van der Waals surface area contributed by atoms with Gasteiger partial charge in [-0.3, -0.25) is 4.79 Å². The van der Waals surface area contributed by atoms with Crippen LogP contribution in [0.2, 0.25) is 0 Å². The van der Waals surface area contributed by atoms with Crippen molar-refractivity contribution in [2.75, 3.05) is 11.7 Å². The van der Waals surface area contributed by atoms with Gasteiger partial charge in [-0.15, -0.1) is 26.8 Å². The van der Waals surface area contributed by atoms with Crippen LogP contribution in [-0.4, -0.2) is 38.3 Å². The Kier molecular flexibility index (Phi) is 5.32. The largest absolute Gasteiger partial charge is 0.506 e. The van der Waals surface area contributed by atoms with E-state index in [1.54, 1.807) is 17.8 Å². The zero-order valence-electron chi connectivity index (χ0n) is 13.0. The van der Waals surface area contributed by atoms with Crippen LogP contribution >= 0.6 is 11.8 Å². The molecule has 24 heavy (non-hydrogen) atoms. The van der Waals surface area contributed by atoms with Crippen molar-refractivity contribution in [3.63, 3.8) is 0 Å². The molecule has 1 aromatic heterocycles. The van der Waals surface area contributed by atoms with Gasteiger partial charge >= 0.3 is 0 Å². The average Bonchev–Trinajstić information content (AvgIpc) is 3.03. The standard InChI is InChI=1S/C17H17N3O3S/c21-11-23-12-24-9-3-4-13-7-8-17(22)16(10-13)20-18-14-5-1-2-6-15(14)19-20/h1-2,5-8,10-11,22H,3-4,9,12H2. The first-order valence-electron chi connectivity index (χ1n) is 7.55. The Morgan fingerprint density at radius 1 is 1.17 bits per heavy atom. The molecule has 0 unspecified atom stereocenters. The lowest BCUT2D eigenvalue weighted by Gasteiger charge is -2.07. The number of rotatable bonds is 8. The third-order valence-corrected chi connectivity index (χ3v) is 4.40. The van der Waals surface area contributed by atoms with Crippen LogP contribution in [0.3, 0.4) is 0 Å². The van der Waals surface area contributed by atoms with Gasteiger partial charge in [-0.2, -0.15) is 0 Å². The molecule has 0 aliphatic heterocycles. The highest BCUT2D eigenvalue weighted by molar-refractivity contribution is 7.99. The number of carbonyl (C=O) groups excluding carboxylic acids is 1. The van der Waals surface area contributed by atoms with E-state index in [0.717, 1.165) is 35.2 Å². The van der Waals surface area contributed by atoms with Gasteiger partial charge in [-0.1, -0.05) is 18.2 Å². The molecule has 0 saturated heterocycles. The fraction of sp³-hybridized carbons (Fsp3) is 0.235. The third kappa shape index (κ3) is 3.86. The van der Waals surface area contributed by atoms with E-state index in [2.05, 4.69) is 14.9 Å². The van der Waals surface area contributed by atoms with Crippen molar-refractivity contribution in [2.45, 2.75) is 12.8 Å². The van der Waals surface area contributed by atoms with Gasteiger partial charge in [0.15, 0.2) is 0 Å². The van der Waals surface area contributed by atoms with E-state index < -0.39 is 0 Å². The number of phenols is 1. The molecule has 0 aliphatic carbocycles. The summed E-state index contributed by atoms with van der Waals surface area (Å²) in [6.45, 7) is 0.459. The van der Waals surface area contributed by atoms with Crippen LogP contribution in [0.4, 0.5) is 0 Å². The van der Waals surface area contributed by atoms with E-state index in [1.807, 2.05) is 36.4 Å². The highest BCUT2D eigenvalue weighted by atomic mass is 32.2. The van der Waals surface area contributed by atoms with Crippen LogP contribution in [0.25, 0.3) is 16.7 Å². The molecule has 0 fully saturated rings. The highest BCUT2D eigenvalue weighted by Gasteiger charge is 2.09. The fourth-order valence-corrected chi connectivity index (χ4v) is 2.98. The summed E-state index contributed by atoms with van der Waals surface area (Å²) in [5.41, 5.74) is 3.24. The zero-order valence-corrected chi connectivity index (χ0v) is 13.8. The summed E-state index contributed by atoms with van der Waals surface area (Å²) in [5, 5.41) is 18.9. The number of ether oxygens (including phenoxy) is 1. The number of phenolic OH excluding ortho intramolecular Hbond substituents is 1. The van der Waals surface area contributed by atoms with Crippen LogP contribution in [-0.2, 0) is 16.0 Å². The van der Waals surface area contributed by atoms with E-state index in [1.165, 1.54) is 4.80 Å². The smallest absolute Gasteiger partial charge is 0.293 e. The first-order valence-corrected chi connectivity index (χ1v) is 8.71. The van der Waals surface area contributed by atoms with E-state index in [-0.39, 0.29) is 5.75 Å². The predicted molar refractivity (Wildman–Crippen MR) is 93.3 cm³/mol. The van der Waals surface area contributed by atoms with Gasteiger partial charge in [0.2, 0.25) is 0 Å². The van der Waals surface area contributed by atoms with Gasteiger partial charge in [0.25, 0.3) is 6.47 Å². The predicted octanol–water partition coefficient (Wildman–Crippen LogP) is 2.92. The number of fused-ring (bicyclic) bond motifs is 1. The van der Waals surface area contributed by atoms with Crippen molar-refractivity contribution < 1.29 is 14.6 Å². The highest BCUT2D eigenvalue weighted by Crippen LogP contribution is 2.24. The molecular weight excluding hydrogens is 326 g/mol. The Morgan fingerprint density at radius 3 is 2.62 bits per heavy atom. The van der Waals surface area contributed by atoms with Gasteiger partial charge in [-0.25, -0.2) is 0 Å². The second kappa shape index (κ2) is 7.83. The molecule has 3 rings (SSSR count). The lowest BCUT2D eigenvalue weighted by atomic mass is 10.1. The minimum Gasteiger partial charge on any atom is -0.506 e. The second-order valence-corrected chi connectivity index (χ2v) is 6.25. The van der Waals surface area contributed by atoms with E-state index in [9.17, 15) is 9.90 Å². The molecule has 3 aromatic rings. The van der Waals surface area contributed by atoms with E-state index in [4.69, 9.17) is 0 Å². The molecule has 0 bridgehead atoms. The van der Waals surface area contributed by atoms with Crippen molar-refractivity contribution in [3.8, 4) is 11.4 Å². The Balaban J connectivity index is 1.70. The zero-order chi connectivity index (χ0) is 16.8. The number of benzene rings is 2. The second-order valence-electron chi connectivity index (χ2n) is 5.19. The molecule has 0 aliphatic rings. The summed E-state index contributed by atoms with van der Waals surface area (Å²) in [6.07, 6.45) is 1.81. The van der Waals surface area contributed by atoms with Crippen molar-refractivity contribution in [1.29, 1.82) is 0 Å². The Hall–Kier alpha value is -2.54. The molecular formula is C17H17N3O3S. The summed E-state index contributed by atoms with van der Waals surface area (Å²) in [7, 11) is 0. The van der Waals surface area contributed by atoms with Crippen LogP contribution in [0.15, 0.2) is 42.5 Å². The molecule has 124 valence electrons. The number of thioether (sulfide) groups is 1. The molecule has 7 heteroatoms. The van der Waals surface area contributed by atoms with Crippen molar-refractivity contribution >= 4 is 29.3 Å². The van der Waals surface area contributed by atoms with E-state index in [0.29, 0.717) is 18.1 Å². The average molecular weight is 343 g/mol. The summed E-state index contributed by atoms with van der Waals surface area (Å²) >= 11 is 1.57. The monoisotopic (exact) mass is 343 g/mol. The third-order valence-electron chi connectivity index (χ3n) is 3.52. The number of aromatic nitrogens is 3. The number of hydrogen-bond acceptors (Lipinski definition) is 6. The van der Waals surface area contributed by atoms with Crippen LogP contribution in [0.5, 0.6) is 5.75 Å². The molecule has 0 amide bonds. The van der Waals surface area contributed by atoms with Crippen molar-refractivity contribution in [2.24, 2.45) is 0 Å². The summed E-state index contributed by atoms with van der Waals surface area (Å²) in [6, 6.07) is 13.1. The molecule has 6 nitrogen and oxygen atoms in total. The topological polar surface area (TPSA) is 77.2 Å². The first kappa shape index (κ1) is 16.3. The van der Waals surface area contributed by atoms with Gasteiger partial charge in [-0.05, 0) is 48.4 Å². The molecule has 2 aromatic carbocycles.